The van der Waals surface area contributed by atoms with Gasteiger partial charge in [-0.3, -0.25) is 4.79 Å². The maximum absolute atomic E-state index is 10.9. The van der Waals surface area contributed by atoms with Crippen LogP contribution in [0.25, 0.3) is 0 Å². The number of carbonyl (C=O) groups is 1. The molecule has 0 N–H and O–H groups in total. The van der Waals surface area contributed by atoms with Gasteiger partial charge in [-0.1, -0.05) is 12.2 Å². The predicted octanol–water partition coefficient (Wildman–Crippen LogP) is 1.66. The third kappa shape index (κ3) is 0.817. The van der Waals surface area contributed by atoms with E-state index in [0.29, 0.717) is 12.3 Å². The molecule has 1 saturated carbocycles. The molecule has 1 saturated heterocycles. The molecule has 1 aliphatic carbocycles. The number of carbonyl (C=O) groups excluding carboxylic acids is 1. The van der Waals surface area contributed by atoms with Crippen LogP contribution in [0.4, 0.5) is 0 Å². The normalized spacial score (nSPS) is 42.5. The van der Waals surface area contributed by atoms with Crippen LogP contribution in [-0.4, -0.2) is 11.6 Å². The van der Waals surface area contributed by atoms with Crippen molar-refractivity contribution in [2.24, 2.45) is 5.92 Å². The van der Waals surface area contributed by atoms with E-state index in [1.807, 2.05) is 6.92 Å². The molecular weight excluding hydrogens is 140 g/mol. The average Bonchev–Trinajstić information content (AvgIpc) is 2.32. The molecule has 2 rings (SSSR count). The Morgan fingerprint density at radius 2 is 2.45 bits per heavy atom. The van der Waals surface area contributed by atoms with Crippen LogP contribution in [-0.2, 0) is 9.53 Å². The van der Waals surface area contributed by atoms with E-state index in [-0.39, 0.29) is 11.6 Å². The van der Waals surface area contributed by atoms with E-state index in [2.05, 4.69) is 6.58 Å². The van der Waals surface area contributed by atoms with E-state index in [1.54, 1.807) is 0 Å². The summed E-state index contributed by atoms with van der Waals surface area (Å²) in [5, 5.41) is 0. The zero-order chi connectivity index (χ0) is 8.06. The second-order valence-corrected chi connectivity index (χ2v) is 3.70. The highest BCUT2D eigenvalue weighted by atomic mass is 16.6. The Labute approximate surface area is 66.2 Å². The second kappa shape index (κ2) is 1.87. The molecule has 0 aromatic heterocycles. The number of fused-ring (bicyclic) bond motifs is 1. The number of rotatable bonds is 0. The molecule has 0 aromatic carbocycles. The molecule has 2 atom stereocenters. The lowest BCUT2D eigenvalue weighted by Gasteiger charge is -2.21. The number of hydrogen-bond acceptors (Lipinski definition) is 2. The largest absolute Gasteiger partial charge is 0.459 e. The van der Waals surface area contributed by atoms with Crippen molar-refractivity contribution >= 4 is 5.97 Å². The minimum Gasteiger partial charge on any atom is -0.459 e. The van der Waals surface area contributed by atoms with E-state index >= 15 is 0 Å². The van der Waals surface area contributed by atoms with Gasteiger partial charge in [0.25, 0.3) is 0 Å². The van der Waals surface area contributed by atoms with Crippen molar-refractivity contribution in [3.8, 4) is 0 Å². The van der Waals surface area contributed by atoms with E-state index in [4.69, 9.17) is 4.74 Å². The van der Waals surface area contributed by atoms with Crippen molar-refractivity contribution in [3.63, 3.8) is 0 Å². The molecule has 2 fully saturated rings. The van der Waals surface area contributed by atoms with Crippen LogP contribution < -0.4 is 0 Å². The highest BCUT2D eigenvalue weighted by Crippen LogP contribution is 2.47. The Balaban J connectivity index is 2.31. The van der Waals surface area contributed by atoms with Gasteiger partial charge in [-0.2, -0.15) is 0 Å². The van der Waals surface area contributed by atoms with Gasteiger partial charge in [0.15, 0.2) is 0 Å². The fraction of sp³-hybridized carbons (Fsp3) is 0.667. The third-order valence-electron chi connectivity index (χ3n) is 2.89. The minimum atomic E-state index is -0.200. The predicted molar refractivity (Wildman–Crippen MR) is 41.0 cm³/mol. The van der Waals surface area contributed by atoms with Crippen molar-refractivity contribution in [2.45, 2.75) is 31.8 Å². The zero-order valence-electron chi connectivity index (χ0n) is 6.72. The quantitative estimate of drug-likeness (QED) is 0.390. The topological polar surface area (TPSA) is 26.3 Å². The van der Waals surface area contributed by atoms with Crippen molar-refractivity contribution in [1.82, 2.24) is 0 Å². The summed E-state index contributed by atoms with van der Waals surface area (Å²) < 4.78 is 5.24. The van der Waals surface area contributed by atoms with Gasteiger partial charge in [-0.25, -0.2) is 0 Å². The fourth-order valence-electron chi connectivity index (χ4n) is 2.14. The smallest absolute Gasteiger partial charge is 0.307 e. The lowest BCUT2D eigenvalue weighted by Crippen LogP contribution is -2.26. The van der Waals surface area contributed by atoms with Gasteiger partial charge in [0.05, 0.1) is 6.42 Å². The number of hydrogen-bond donors (Lipinski definition) is 0. The summed E-state index contributed by atoms with van der Waals surface area (Å²) in [5.41, 5.74) is 0.993. The first-order chi connectivity index (χ1) is 5.12. The lowest BCUT2D eigenvalue weighted by molar-refractivity contribution is -0.147. The molecule has 60 valence electrons. The molecular formula is C9H12O2. The maximum atomic E-state index is 10.9. The van der Waals surface area contributed by atoms with Gasteiger partial charge in [0, 0.05) is 5.92 Å². The van der Waals surface area contributed by atoms with Crippen molar-refractivity contribution in [3.05, 3.63) is 12.2 Å². The molecule has 2 nitrogen and oxygen atoms in total. The summed E-state index contributed by atoms with van der Waals surface area (Å²) >= 11 is 0. The Kier molecular flexibility index (Phi) is 1.17. The Morgan fingerprint density at radius 1 is 1.73 bits per heavy atom. The molecule has 0 amide bonds. The molecule has 1 aliphatic heterocycles. The first kappa shape index (κ1) is 6.89. The van der Waals surface area contributed by atoms with Crippen molar-refractivity contribution < 1.29 is 9.53 Å². The second-order valence-electron chi connectivity index (χ2n) is 3.70. The van der Waals surface area contributed by atoms with Crippen LogP contribution in [0.1, 0.15) is 26.2 Å². The molecule has 1 heterocycles. The molecule has 2 aliphatic rings. The molecule has 11 heavy (non-hydrogen) atoms. The minimum absolute atomic E-state index is 0.0571. The Hall–Kier alpha value is -0.790. The summed E-state index contributed by atoms with van der Waals surface area (Å²) in [5.74, 6) is 0.244. The summed E-state index contributed by atoms with van der Waals surface area (Å²) in [4.78, 5) is 10.9. The maximum Gasteiger partial charge on any atom is 0.307 e. The molecule has 0 aromatic rings. The lowest BCUT2D eigenvalue weighted by atomic mass is 9.91. The van der Waals surface area contributed by atoms with Crippen LogP contribution >= 0.6 is 0 Å². The summed E-state index contributed by atoms with van der Waals surface area (Å²) in [6.45, 7) is 5.96. The summed E-state index contributed by atoms with van der Waals surface area (Å²) in [6.07, 6.45) is 2.53. The van der Waals surface area contributed by atoms with E-state index in [9.17, 15) is 4.79 Å². The Bertz CT molecular complexity index is 232. The van der Waals surface area contributed by atoms with Gasteiger partial charge in [-0.15, -0.1) is 0 Å². The van der Waals surface area contributed by atoms with Crippen LogP contribution in [0.5, 0.6) is 0 Å². The van der Waals surface area contributed by atoms with Crippen LogP contribution in [0.15, 0.2) is 12.2 Å². The van der Waals surface area contributed by atoms with E-state index in [0.717, 1.165) is 12.8 Å². The van der Waals surface area contributed by atoms with Gasteiger partial charge < -0.3 is 4.74 Å². The van der Waals surface area contributed by atoms with E-state index < -0.39 is 0 Å². The van der Waals surface area contributed by atoms with Crippen LogP contribution in [0.2, 0.25) is 0 Å². The van der Waals surface area contributed by atoms with Gasteiger partial charge in [0.1, 0.15) is 5.60 Å². The SMILES string of the molecule is C=C1CC[C@@]2(C)OC(=O)C[C@@H]12. The standard InChI is InChI=1S/C9H12O2/c1-6-3-4-9(2)7(6)5-8(10)11-9/h7H,1,3-5H2,2H3/t7-,9+/m0/s1. The van der Waals surface area contributed by atoms with Gasteiger partial charge >= 0.3 is 5.97 Å². The number of esters is 1. The third-order valence-corrected chi connectivity index (χ3v) is 2.89. The van der Waals surface area contributed by atoms with E-state index in [1.165, 1.54) is 5.57 Å². The highest BCUT2D eigenvalue weighted by molar-refractivity contribution is 5.74. The molecule has 0 unspecified atom stereocenters. The summed E-state index contributed by atoms with van der Waals surface area (Å²) in [7, 11) is 0. The molecule has 0 bridgehead atoms. The molecule has 0 radical (unpaired) electrons. The zero-order valence-corrected chi connectivity index (χ0v) is 6.72. The number of ether oxygens (including phenoxy) is 1. The van der Waals surface area contributed by atoms with Crippen LogP contribution in [0, 0.1) is 5.92 Å². The van der Waals surface area contributed by atoms with Gasteiger partial charge in [-0.05, 0) is 19.8 Å². The summed E-state index contributed by atoms with van der Waals surface area (Å²) in [6, 6.07) is 0. The van der Waals surface area contributed by atoms with Crippen molar-refractivity contribution in [1.29, 1.82) is 0 Å². The Morgan fingerprint density at radius 3 is 3.09 bits per heavy atom. The van der Waals surface area contributed by atoms with Crippen LogP contribution in [0.3, 0.4) is 0 Å². The fourth-order valence-corrected chi connectivity index (χ4v) is 2.14. The first-order valence-corrected chi connectivity index (χ1v) is 4.01. The highest BCUT2D eigenvalue weighted by Gasteiger charge is 2.50. The van der Waals surface area contributed by atoms with Gasteiger partial charge in [0.2, 0.25) is 0 Å². The van der Waals surface area contributed by atoms with Crippen molar-refractivity contribution in [2.75, 3.05) is 0 Å². The average molecular weight is 152 g/mol. The first-order valence-electron chi connectivity index (χ1n) is 4.01. The molecule has 2 heteroatoms. The monoisotopic (exact) mass is 152 g/mol. The molecule has 0 spiro atoms.